The minimum atomic E-state index is -0.137. The zero-order valence-corrected chi connectivity index (χ0v) is 13.7. The third-order valence-corrected chi connectivity index (χ3v) is 5.64. The van der Waals surface area contributed by atoms with Crippen molar-refractivity contribution in [1.29, 1.82) is 0 Å². The lowest BCUT2D eigenvalue weighted by Crippen LogP contribution is -2.45. The molecular weight excluding hydrogens is 298 g/mol. The highest BCUT2D eigenvalue weighted by molar-refractivity contribution is 7.13. The molecule has 0 saturated carbocycles. The lowest BCUT2D eigenvalue weighted by atomic mass is 9.77. The number of furan rings is 1. The molecule has 1 fully saturated rings. The van der Waals surface area contributed by atoms with Gasteiger partial charge in [0, 0.05) is 29.4 Å². The predicted molar refractivity (Wildman–Crippen MR) is 86.5 cm³/mol. The number of thiazole rings is 1. The van der Waals surface area contributed by atoms with E-state index >= 15 is 0 Å². The number of hydrogen-bond acceptors (Lipinski definition) is 5. The highest BCUT2D eigenvalue weighted by atomic mass is 32.1. The second-order valence-corrected chi connectivity index (χ2v) is 6.62. The largest absolute Gasteiger partial charge is 0.472 e. The standard InChI is InChI=1S/C16H21N3O2S/c1-3-16(4-2)10-18-14(20)13(16)17-7-12-9-22-15(19-12)11-5-6-21-8-11/h5-6,8-9,13,17H,3-4,7,10H2,1-2H3,(H,18,20). The SMILES string of the molecule is CCC1(CC)CNC(=O)C1NCc1csc(-c2ccoc2)n1. The maximum absolute atomic E-state index is 12.1. The molecule has 1 aliphatic rings. The number of nitrogens with zero attached hydrogens (tertiary/aromatic N) is 1. The average Bonchev–Trinajstić information content (AvgIpc) is 3.26. The van der Waals surface area contributed by atoms with Gasteiger partial charge < -0.3 is 9.73 Å². The summed E-state index contributed by atoms with van der Waals surface area (Å²) >= 11 is 1.59. The zero-order chi connectivity index (χ0) is 15.6. The molecule has 1 unspecified atom stereocenters. The Morgan fingerprint density at radius 2 is 2.32 bits per heavy atom. The molecule has 0 aliphatic carbocycles. The van der Waals surface area contributed by atoms with Crippen molar-refractivity contribution in [3.63, 3.8) is 0 Å². The Kier molecular flexibility index (Phi) is 4.31. The molecule has 0 aromatic carbocycles. The smallest absolute Gasteiger partial charge is 0.237 e. The summed E-state index contributed by atoms with van der Waals surface area (Å²) in [6.45, 7) is 5.67. The molecule has 22 heavy (non-hydrogen) atoms. The van der Waals surface area contributed by atoms with Crippen molar-refractivity contribution < 1.29 is 9.21 Å². The van der Waals surface area contributed by atoms with Gasteiger partial charge in [-0.3, -0.25) is 10.1 Å². The van der Waals surface area contributed by atoms with Gasteiger partial charge in [-0.25, -0.2) is 4.98 Å². The van der Waals surface area contributed by atoms with Crippen LogP contribution in [0.3, 0.4) is 0 Å². The quantitative estimate of drug-likeness (QED) is 0.859. The fourth-order valence-corrected chi connectivity index (χ4v) is 3.88. The number of rotatable bonds is 6. The van der Waals surface area contributed by atoms with Crippen molar-refractivity contribution in [2.75, 3.05) is 6.54 Å². The molecule has 1 amide bonds. The molecule has 0 bridgehead atoms. The van der Waals surface area contributed by atoms with Crippen LogP contribution in [0.25, 0.3) is 10.6 Å². The lowest BCUT2D eigenvalue weighted by molar-refractivity contribution is -0.122. The first-order valence-corrected chi connectivity index (χ1v) is 8.54. The number of aromatic nitrogens is 1. The number of amides is 1. The van der Waals surface area contributed by atoms with Crippen molar-refractivity contribution in [2.45, 2.75) is 39.3 Å². The van der Waals surface area contributed by atoms with Gasteiger partial charge in [0.2, 0.25) is 5.91 Å². The Balaban J connectivity index is 1.68. The molecule has 2 aromatic rings. The molecular formula is C16H21N3O2S. The monoisotopic (exact) mass is 319 g/mol. The Morgan fingerprint density at radius 1 is 1.50 bits per heavy atom. The van der Waals surface area contributed by atoms with Gasteiger partial charge in [-0.1, -0.05) is 13.8 Å². The summed E-state index contributed by atoms with van der Waals surface area (Å²) < 4.78 is 5.09. The summed E-state index contributed by atoms with van der Waals surface area (Å²) in [5, 5.41) is 9.38. The van der Waals surface area contributed by atoms with E-state index in [-0.39, 0.29) is 17.4 Å². The van der Waals surface area contributed by atoms with Gasteiger partial charge in [-0.15, -0.1) is 11.3 Å². The Labute approximate surface area is 134 Å². The third-order valence-electron chi connectivity index (χ3n) is 4.70. The van der Waals surface area contributed by atoms with Crippen LogP contribution in [-0.4, -0.2) is 23.5 Å². The third kappa shape index (κ3) is 2.68. The van der Waals surface area contributed by atoms with Gasteiger partial charge in [0.25, 0.3) is 0 Å². The van der Waals surface area contributed by atoms with Gasteiger partial charge >= 0.3 is 0 Å². The fourth-order valence-electron chi connectivity index (χ4n) is 3.08. The van der Waals surface area contributed by atoms with Crippen LogP contribution in [0.4, 0.5) is 0 Å². The molecule has 5 nitrogen and oxygen atoms in total. The van der Waals surface area contributed by atoms with E-state index in [1.807, 2.05) is 11.4 Å². The zero-order valence-electron chi connectivity index (χ0n) is 12.9. The minimum absolute atomic E-state index is 0.0144. The first kappa shape index (κ1) is 15.2. The molecule has 1 saturated heterocycles. The van der Waals surface area contributed by atoms with E-state index in [2.05, 4.69) is 29.5 Å². The Hall–Kier alpha value is -1.66. The van der Waals surface area contributed by atoms with Crippen LogP contribution in [0.1, 0.15) is 32.4 Å². The lowest BCUT2D eigenvalue weighted by Gasteiger charge is -2.31. The molecule has 0 radical (unpaired) electrons. The second-order valence-electron chi connectivity index (χ2n) is 5.76. The fraction of sp³-hybridized carbons (Fsp3) is 0.500. The van der Waals surface area contributed by atoms with Crippen molar-refractivity contribution in [3.05, 3.63) is 29.7 Å². The minimum Gasteiger partial charge on any atom is -0.472 e. The molecule has 118 valence electrons. The maximum Gasteiger partial charge on any atom is 0.237 e. The first-order valence-electron chi connectivity index (χ1n) is 7.66. The van der Waals surface area contributed by atoms with Crippen LogP contribution in [0.15, 0.2) is 28.4 Å². The molecule has 1 aliphatic heterocycles. The maximum atomic E-state index is 12.1. The number of nitrogens with one attached hydrogen (secondary N) is 2. The Morgan fingerprint density at radius 3 is 3.00 bits per heavy atom. The summed E-state index contributed by atoms with van der Waals surface area (Å²) in [5.41, 5.74) is 1.97. The van der Waals surface area contributed by atoms with E-state index in [4.69, 9.17) is 4.42 Å². The highest BCUT2D eigenvalue weighted by Crippen LogP contribution is 2.34. The molecule has 6 heteroatoms. The first-order chi connectivity index (χ1) is 10.7. The van der Waals surface area contributed by atoms with Crippen LogP contribution in [0.5, 0.6) is 0 Å². The van der Waals surface area contributed by atoms with Gasteiger partial charge in [0.15, 0.2) is 0 Å². The van der Waals surface area contributed by atoms with Crippen molar-refractivity contribution in [3.8, 4) is 10.6 Å². The van der Waals surface area contributed by atoms with Crippen molar-refractivity contribution in [1.82, 2.24) is 15.6 Å². The van der Waals surface area contributed by atoms with Crippen LogP contribution in [0.2, 0.25) is 0 Å². The number of carbonyl (C=O) groups excluding carboxylic acids is 1. The van der Waals surface area contributed by atoms with Crippen molar-refractivity contribution in [2.24, 2.45) is 5.41 Å². The second kappa shape index (κ2) is 6.22. The molecule has 3 heterocycles. The number of hydrogen-bond donors (Lipinski definition) is 2. The molecule has 0 spiro atoms. The van der Waals surface area contributed by atoms with Gasteiger partial charge in [0.05, 0.1) is 18.0 Å². The topological polar surface area (TPSA) is 67.2 Å². The van der Waals surface area contributed by atoms with E-state index in [1.165, 1.54) is 0 Å². The molecule has 2 aromatic heterocycles. The van der Waals surface area contributed by atoms with E-state index in [0.29, 0.717) is 6.54 Å². The van der Waals surface area contributed by atoms with E-state index in [9.17, 15) is 4.79 Å². The highest BCUT2D eigenvalue weighted by Gasteiger charge is 2.45. The Bertz CT molecular complexity index is 632. The van der Waals surface area contributed by atoms with Gasteiger partial charge in [-0.05, 0) is 18.9 Å². The summed E-state index contributed by atoms with van der Waals surface area (Å²) in [4.78, 5) is 16.7. The normalized spacial score (nSPS) is 20.3. The van der Waals surface area contributed by atoms with E-state index in [1.54, 1.807) is 23.9 Å². The van der Waals surface area contributed by atoms with Crippen LogP contribution < -0.4 is 10.6 Å². The molecule has 1 atom stereocenters. The molecule has 3 rings (SSSR count). The molecule has 2 N–H and O–H groups in total. The van der Waals surface area contributed by atoms with E-state index < -0.39 is 0 Å². The average molecular weight is 319 g/mol. The summed E-state index contributed by atoms with van der Waals surface area (Å²) in [7, 11) is 0. The van der Waals surface area contributed by atoms with Gasteiger partial charge in [-0.2, -0.15) is 0 Å². The van der Waals surface area contributed by atoms with E-state index in [0.717, 1.165) is 35.7 Å². The predicted octanol–water partition coefficient (Wildman–Crippen LogP) is 2.80. The van der Waals surface area contributed by atoms with Crippen LogP contribution in [0, 0.1) is 5.41 Å². The van der Waals surface area contributed by atoms with Crippen molar-refractivity contribution >= 4 is 17.2 Å². The number of carbonyl (C=O) groups is 1. The van der Waals surface area contributed by atoms with Gasteiger partial charge in [0.1, 0.15) is 11.3 Å². The summed E-state index contributed by atoms with van der Waals surface area (Å²) in [6.07, 6.45) is 5.31. The van der Waals surface area contributed by atoms with Crippen LogP contribution in [-0.2, 0) is 11.3 Å². The van der Waals surface area contributed by atoms with Crippen LogP contribution >= 0.6 is 11.3 Å². The summed E-state index contributed by atoms with van der Waals surface area (Å²) in [5.74, 6) is 0.106. The summed E-state index contributed by atoms with van der Waals surface area (Å²) in [6, 6.07) is 1.76.